The van der Waals surface area contributed by atoms with Gasteiger partial charge in [-0.3, -0.25) is 28.6 Å². The molecule has 2 atom stereocenters. The van der Waals surface area contributed by atoms with E-state index in [0.29, 0.717) is 13.1 Å². The Morgan fingerprint density at radius 1 is 1.22 bits per heavy atom. The number of nitrogens with zero attached hydrogens (tertiary/aromatic N) is 4. The smallest absolute Gasteiger partial charge is 0.305 e. The minimum absolute atomic E-state index is 0.0284. The largest absolute Gasteiger partial charge is 0.805 e. The molecular formula is C25H30N7O5-. The minimum Gasteiger partial charge on any atom is -0.805 e. The molecule has 196 valence electrons. The first-order valence-corrected chi connectivity index (χ1v) is 11.9. The SMILES string of the molecule is CCC(C(=O)NC(CC(=O)O)C(=O)CN1Cc2ccccc2C1)n1ccnc(NCC(=[N-])C(C)=N)c1=O. The van der Waals surface area contributed by atoms with Gasteiger partial charge in [-0.2, -0.15) is 0 Å². The Kier molecular flexibility index (Phi) is 9.01. The van der Waals surface area contributed by atoms with Crippen LogP contribution < -0.4 is 16.2 Å². The first-order chi connectivity index (χ1) is 17.6. The molecule has 2 unspecified atom stereocenters. The van der Waals surface area contributed by atoms with Gasteiger partial charge in [-0.1, -0.05) is 31.2 Å². The van der Waals surface area contributed by atoms with Gasteiger partial charge in [0.15, 0.2) is 11.6 Å². The van der Waals surface area contributed by atoms with Gasteiger partial charge in [-0.15, -0.1) is 5.71 Å². The number of carboxylic acid groups (broad SMARTS) is 1. The number of hydrogen-bond donors (Lipinski definition) is 4. The summed E-state index contributed by atoms with van der Waals surface area (Å²) in [6.07, 6.45) is 2.22. The van der Waals surface area contributed by atoms with E-state index in [1.54, 1.807) is 6.92 Å². The number of carbonyl (C=O) groups excluding carboxylic acids is 2. The Hall–Kier alpha value is -4.19. The highest BCUT2D eigenvalue weighted by Gasteiger charge is 2.30. The van der Waals surface area contributed by atoms with Crippen LogP contribution in [0.4, 0.5) is 5.82 Å². The Morgan fingerprint density at radius 3 is 2.43 bits per heavy atom. The second-order valence-electron chi connectivity index (χ2n) is 8.88. The second kappa shape index (κ2) is 12.2. The highest BCUT2D eigenvalue weighted by atomic mass is 16.4. The average molecular weight is 509 g/mol. The summed E-state index contributed by atoms with van der Waals surface area (Å²) in [5, 5.41) is 31.7. The molecule has 1 amide bonds. The lowest BCUT2D eigenvalue weighted by molar-refractivity contribution is -0.140. The zero-order valence-corrected chi connectivity index (χ0v) is 20.7. The lowest BCUT2D eigenvalue weighted by Gasteiger charge is -2.24. The average Bonchev–Trinajstić information content (AvgIpc) is 3.26. The minimum atomic E-state index is -1.26. The van der Waals surface area contributed by atoms with Crippen molar-refractivity contribution in [3.8, 4) is 0 Å². The van der Waals surface area contributed by atoms with E-state index in [4.69, 9.17) is 5.41 Å². The quantitative estimate of drug-likeness (QED) is 0.291. The molecule has 1 aromatic carbocycles. The summed E-state index contributed by atoms with van der Waals surface area (Å²) in [6, 6.07) is 5.49. The third kappa shape index (κ3) is 6.94. The fourth-order valence-electron chi connectivity index (χ4n) is 4.13. The summed E-state index contributed by atoms with van der Waals surface area (Å²) < 4.78 is 1.14. The van der Waals surface area contributed by atoms with Crippen molar-refractivity contribution in [3.05, 3.63) is 63.5 Å². The molecule has 3 rings (SSSR count). The molecule has 2 aromatic rings. The first kappa shape index (κ1) is 27.4. The number of fused-ring (bicyclic) bond motifs is 1. The van der Waals surface area contributed by atoms with Crippen molar-refractivity contribution in [2.75, 3.05) is 18.4 Å². The summed E-state index contributed by atoms with van der Waals surface area (Å²) >= 11 is 0. The molecule has 2 heterocycles. The number of rotatable bonds is 13. The van der Waals surface area contributed by atoms with E-state index in [1.165, 1.54) is 19.3 Å². The molecule has 0 saturated heterocycles. The Bertz CT molecular complexity index is 1250. The highest BCUT2D eigenvalue weighted by Crippen LogP contribution is 2.22. The third-order valence-corrected chi connectivity index (χ3v) is 6.12. The van der Waals surface area contributed by atoms with E-state index in [9.17, 15) is 29.7 Å². The maximum absolute atomic E-state index is 13.2. The number of aromatic nitrogens is 2. The number of carboxylic acids is 1. The molecule has 0 radical (unpaired) electrons. The van der Waals surface area contributed by atoms with Crippen molar-refractivity contribution in [2.45, 2.75) is 51.9 Å². The van der Waals surface area contributed by atoms with Crippen LogP contribution >= 0.6 is 0 Å². The molecule has 1 aliphatic heterocycles. The molecular weight excluding hydrogens is 478 g/mol. The van der Waals surface area contributed by atoms with Crippen molar-refractivity contribution in [3.63, 3.8) is 0 Å². The molecule has 0 fully saturated rings. The van der Waals surface area contributed by atoms with Crippen molar-refractivity contribution >= 4 is 34.9 Å². The standard InChI is InChI=1S/C25H30N7O5/c1-3-20(32-9-8-28-23(25(32)37)29-11-18(27)15(2)26)24(36)30-19(10-22(34)35)21(33)14-31-12-16-6-4-5-7-17(16)13-31/h4-9,19-20,26H,3,10-14H2,1-2H3,(H,28,29)(H,30,36)(H,34,35)/q-1. The lowest BCUT2D eigenvalue weighted by atomic mass is 10.1. The number of carbonyl (C=O) groups is 3. The van der Waals surface area contributed by atoms with E-state index in [1.807, 2.05) is 29.2 Å². The van der Waals surface area contributed by atoms with Gasteiger partial charge in [0.25, 0.3) is 5.56 Å². The maximum atomic E-state index is 13.2. The normalized spacial score (nSPS) is 14.3. The van der Waals surface area contributed by atoms with Gasteiger partial charge >= 0.3 is 5.97 Å². The highest BCUT2D eigenvalue weighted by molar-refractivity contribution is 6.42. The van der Waals surface area contributed by atoms with Gasteiger partial charge in [-0.25, -0.2) is 4.98 Å². The summed E-state index contributed by atoms with van der Waals surface area (Å²) in [5.41, 5.74) is 1.22. The number of hydrogen-bond acceptors (Lipinski definition) is 8. The zero-order chi connectivity index (χ0) is 27.1. The van der Waals surface area contributed by atoms with Crippen LogP contribution in [0.1, 0.15) is 43.9 Å². The van der Waals surface area contributed by atoms with Crippen molar-refractivity contribution in [1.29, 1.82) is 5.41 Å². The van der Waals surface area contributed by atoms with Crippen LogP contribution in [0.25, 0.3) is 5.41 Å². The molecule has 1 aliphatic rings. The number of ketones is 1. The maximum Gasteiger partial charge on any atom is 0.305 e. The zero-order valence-electron chi connectivity index (χ0n) is 20.7. The fourth-order valence-corrected chi connectivity index (χ4v) is 4.13. The number of anilines is 1. The Balaban J connectivity index is 1.72. The summed E-state index contributed by atoms with van der Waals surface area (Å²) in [5.74, 6) is -2.47. The number of amides is 1. The predicted molar refractivity (Wildman–Crippen MR) is 138 cm³/mol. The molecule has 0 aliphatic carbocycles. The van der Waals surface area contributed by atoms with Gasteiger partial charge < -0.3 is 26.6 Å². The molecule has 0 spiro atoms. The van der Waals surface area contributed by atoms with Crippen LogP contribution in [0, 0.1) is 5.41 Å². The molecule has 1 aromatic heterocycles. The molecule has 12 heteroatoms. The van der Waals surface area contributed by atoms with Crippen LogP contribution in [-0.4, -0.2) is 67.8 Å². The fraction of sp³-hybridized carbons (Fsp3) is 0.400. The second-order valence-corrected chi connectivity index (χ2v) is 8.88. The van der Waals surface area contributed by atoms with Crippen LogP contribution in [0.15, 0.2) is 41.5 Å². The van der Waals surface area contributed by atoms with Crippen LogP contribution in [0.2, 0.25) is 0 Å². The summed E-state index contributed by atoms with van der Waals surface area (Å²) in [6.45, 7) is 3.96. The molecule has 4 N–H and O–H groups in total. The van der Waals surface area contributed by atoms with Crippen molar-refractivity contribution < 1.29 is 19.5 Å². The van der Waals surface area contributed by atoms with Gasteiger partial charge in [0.1, 0.15) is 6.04 Å². The van der Waals surface area contributed by atoms with Crippen molar-refractivity contribution in [1.82, 2.24) is 19.8 Å². The number of benzene rings is 1. The Labute approximate surface area is 213 Å². The van der Waals surface area contributed by atoms with E-state index in [0.717, 1.165) is 15.7 Å². The van der Waals surface area contributed by atoms with E-state index >= 15 is 0 Å². The van der Waals surface area contributed by atoms with Crippen molar-refractivity contribution in [2.24, 2.45) is 0 Å². The monoisotopic (exact) mass is 508 g/mol. The lowest BCUT2D eigenvalue weighted by Crippen LogP contribution is -2.49. The topological polar surface area (TPSA) is 180 Å². The molecule has 0 saturated carbocycles. The van der Waals surface area contributed by atoms with Gasteiger partial charge in [-0.05, 0) is 24.5 Å². The van der Waals surface area contributed by atoms with Gasteiger partial charge in [0, 0.05) is 37.7 Å². The number of aliphatic carboxylic acids is 1. The van der Waals surface area contributed by atoms with E-state index < -0.39 is 41.7 Å². The van der Waals surface area contributed by atoms with Crippen LogP contribution in [-0.2, 0) is 27.5 Å². The molecule has 0 bridgehead atoms. The summed E-state index contributed by atoms with van der Waals surface area (Å²) in [4.78, 5) is 56.4. The molecule has 37 heavy (non-hydrogen) atoms. The van der Waals surface area contributed by atoms with Gasteiger partial charge in [0.05, 0.1) is 19.0 Å². The predicted octanol–water partition coefficient (Wildman–Crippen LogP) is 1.20. The Morgan fingerprint density at radius 2 is 1.86 bits per heavy atom. The van der Waals surface area contributed by atoms with Crippen LogP contribution in [0.3, 0.4) is 0 Å². The van der Waals surface area contributed by atoms with E-state index in [2.05, 4.69) is 15.6 Å². The third-order valence-electron chi connectivity index (χ3n) is 6.12. The number of Topliss-reactive ketones (excluding diaryl/α,β-unsaturated/α-hetero) is 1. The van der Waals surface area contributed by atoms with Crippen LogP contribution in [0.5, 0.6) is 0 Å². The van der Waals surface area contributed by atoms with Gasteiger partial charge in [0.2, 0.25) is 5.91 Å². The number of nitrogens with one attached hydrogen (secondary N) is 3. The first-order valence-electron chi connectivity index (χ1n) is 11.9. The van der Waals surface area contributed by atoms with E-state index in [-0.39, 0.29) is 36.8 Å². The summed E-state index contributed by atoms with van der Waals surface area (Å²) in [7, 11) is 0. The molecule has 12 nitrogen and oxygen atoms in total.